The molecule has 0 aliphatic carbocycles. The number of nitrogens with zero attached hydrogens (tertiary/aromatic N) is 6. The number of aromatic amines is 1. The highest BCUT2D eigenvalue weighted by atomic mass is 16.5. The summed E-state index contributed by atoms with van der Waals surface area (Å²) in [6, 6.07) is 15.3. The van der Waals surface area contributed by atoms with Crippen LogP contribution in [0.4, 0.5) is 0 Å². The fourth-order valence-corrected chi connectivity index (χ4v) is 3.37. The van der Waals surface area contributed by atoms with Crippen LogP contribution in [0.5, 0.6) is 5.75 Å². The molecule has 0 saturated carbocycles. The highest BCUT2D eigenvalue weighted by Gasteiger charge is 2.15. The van der Waals surface area contributed by atoms with Crippen LogP contribution >= 0.6 is 0 Å². The number of aryl methyl sites for hydroxylation is 2. The first-order chi connectivity index (χ1) is 14.5. The largest absolute Gasteiger partial charge is 0.489 e. The second kappa shape index (κ2) is 7.67. The fourth-order valence-electron chi connectivity index (χ4n) is 3.37. The summed E-state index contributed by atoms with van der Waals surface area (Å²) in [5.74, 6) is 0.718. The third-order valence-corrected chi connectivity index (χ3v) is 4.91. The van der Waals surface area contributed by atoms with E-state index in [1.54, 1.807) is 17.8 Å². The molecule has 0 fully saturated rings. The van der Waals surface area contributed by atoms with Crippen molar-refractivity contribution in [1.29, 1.82) is 5.26 Å². The van der Waals surface area contributed by atoms with Crippen molar-refractivity contribution in [2.45, 2.75) is 20.5 Å². The van der Waals surface area contributed by atoms with Gasteiger partial charge in [0.25, 0.3) is 0 Å². The molecule has 0 bridgehead atoms. The molecule has 0 aliphatic heterocycles. The predicted octanol–water partition coefficient (Wildman–Crippen LogP) is 2.42. The van der Waals surface area contributed by atoms with Crippen molar-refractivity contribution in [3.63, 3.8) is 0 Å². The van der Waals surface area contributed by atoms with Crippen LogP contribution in [0, 0.1) is 25.2 Å². The molecule has 0 spiro atoms. The summed E-state index contributed by atoms with van der Waals surface area (Å²) in [6.45, 7) is 4.11. The van der Waals surface area contributed by atoms with E-state index >= 15 is 0 Å². The van der Waals surface area contributed by atoms with Crippen LogP contribution in [0.15, 0.2) is 47.3 Å². The summed E-state index contributed by atoms with van der Waals surface area (Å²) in [4.78, 5) is 11.9. The highest BCUT2D eigenvalue weighted by molar-refractivity contribution is 5.67. The van der Waals surface area contributed by atoms with E-state index in [1.165, 1.54) is 4.68 Å². The van der Waals surface area contributed by atoms with Crippen LogP contribution in [0.2, 0.25) is 0 Å². The van der Waals surface area contributed by atoms with Crippen molar-refractivity contribution in [3.8, 4) is 28.8 Å². The minimum absolute atomic E-state index is 0.261. The number of rotatable bonds is 5. The van der Waals surface area contributed by atoms with Crippen LogP contribution in [0.1, 0.15) is 22.4 Å². The molecule has 0 amide bonds. The lowest BCUT2D eigenvalue weighted by molar-refractivity contribution is 0.303. The molecule has 4 rings (SSSR count). The Kier molecular flexibility index (Phi) is 4.90. The lowest BCUT2D eigenvalue weighted by Crippen LogP contribution is -2.18. The molecule has 2 aromatic heterocycles. The smallest absolute Gasteiger partial charge is 0.365 e. The molecule has 150 valence electrons. The van der Waals surface area contributed by atoms with Crippen LogP contribution in [-0.2, 0) is 13.7 Å². The third-order valence-electron chi connectivity index (χ3n) is 4.91. The van der Waals surface area contributed by atoms with E-state index in [0.29, 0.717) is 11.4 Å². The van der Waals surface area contributed by atoms with Crippen LogP contribution in [0.25, 0.3) is 16.9 Å². The number of aromatic nitrogens is 6. The molecule has 2 aromatic carbocycles. The molecular formula is C21H19N7O2. The average Bonchev–Trinajstić information content (AvgIpc) is 3.29. The number of tetrazole rings is 1. The minimum atomic E-state index is -0.412. The molecule has 0 aliphatic rings. The minimum Gasteiger partial charge on any atom is -0.489 e. The van der Waals surface area contributed by atoms with Crippen molar-refractivity contribution >= 4 is 0 Å². The molecule has 4 aromatic rings. The number of nitrogens with one attached hydrogen (secondary N) is 1. The van der Waals surface area contributed by atoms with Gasteiger partial charge in [-0.25, -0.2) is 9.89 Å². The highest BCUT2D eigenvalue weighted by Crippen LogP contribution is 2.29. The zero-order valence-electron chi connectivity index (χ0n) is 16.7. The van der Waals surface area contributed by atoms with Gasteiger partial charge in [0.05, 0.1) is 11.4 Å². The Bertz CT molecular complexity index is 1320. The van der Waals surface area contributed by atoms with Crippen molar-refractivity contribution in [1.82, 2.24) is 30.0 Å². The zero-order chi connectivity index (χ0) is 21.3. The zero-order valence-corrected chi connectivity index (χ0v) is 16.7. The second-order valence-corrected chi connectivity index (χ2v) is 6.87. The third kappa shape index (κ3) is 3.35. The summed E-state index contributed by atoms with van der Waals surface area (Å²) < 4.78 is 8.81. The molecule has 1 N–H and O–H groups in total. The van der Waals surface area contributed by atoms with Gasteiger partial charge < -0.3 is 4.74 Å². The maximum absolute atomic E-state index is 11.9. The van der Waals surface area contributed by atoms with E-state index in [0.717, 1.165) is 33.7 Å². The number of para-hydroxylation sites is 1. The lowest BCUT2D eigenvalue weighted by atomic mass is 10.0. The molecule has 0 radical (unpaired) electrons. The Morgan fingerprint density at radius 3 is 2.67 bits per heavy atom. The standard InChI is InChI=1S/C21H19N7O2/c1-13-10-15(20-14(2)18(11-22)27(3)24-20)8-9-19(13)30-12-16-6-4-5-7-17(16)28-21(29)23-25-26-28/h4-10H,12H2,1-3H3,(H,23,26,29). The van der Waals surface area contributed by atoms with Crippen molar-refractivity contribution < 1.29 is 4.74 Å². The van der Waals surface area contributed by atoms with E-state index < -0.39 is 5.69 Å². The van der Waals surface area contributed by atoms with E-state index in [2.05, 4.69) is 26.7 Å². The average molecular weight is 401 g/mol. The predicted molar refractivity (Wildman–Crippen MR) is 109 cm³/mol. The van der Waals surface area contributed by atoms with Crippen molar-refractivity contribution in [2.75, 3.05) is 0 Å². The summed E-state index contributed by atoms with van der Waals surface area (Å²) in [6.07, 6.45) is 0. The van der Waals surface area contributed by atoms with E-state index in [9.17, 15) is 10.1 Å². The number of hydrogen-bond acceptors (Lipinski definition) is 6. The van der Waals surface area contributed by atoms with Gasteiger partial charge in [-0.2, -0.15) is 15.0 Å². The molecule has 0 atom stereocenters. The Balaban J connectivity index is 1.59. The fraction of sp³-hybridized carbons (Fsp3) is 0.190. The monoisotopic (exact) mass is 401 g/mol. The van der Waals surface area contributed by atoms with Crippen LogP contribution in [-0.4, -0.2) is 30.0 Å². The van der Waals surface area contributed by atoms with Gasteiger partial charge in [0.2, 0.25) is 0 Å². The molecule has 0 saturated heterocycles. The molecular weight excluding hydrogens is 382 g/mol. The number of H-pyrrole nitrogens is 1. The van der Waals surface area contributed by atoms with Gasteiger partial charge in [0.15, 0.2) is 0 Å². The summed E-state index contributed by atoms with van der Waals surface area (Å²) in [5, 5.41) is 23.4. The normalized spacial score (nSPS) is 10.7. The number of ether oxygens (including phenoxy) is 1. The Labute approximate surface area is 172 Å². The van der Waals surface area contributed by atoms with E-state index in [4.69, 9.17) is 4.74 Å². The molecule has 9 nitrogen and oxygen atoms in total. The van der Waals surface area contributed by atoms with E-state index in [-0.39, 0.29) is 6.61 Å². The van der Waals surface area contributed by atoms with Gasteiger partial charge in [0.1, 0.15) is 24.1 Å². The van der Waals surface area contributed by atoms with Crippen LogP contribution in [0.3, 0.4) is 0 Å². The van der Waals surface area contributed by atoms with Gasteiger partial charge in [-0.1, -0.05) is 18.2 Å². The summed E-state index contributed by atoms with van der Waals surface area (Å²) in [5.41, 5.74) is 5.03. The van der Waals surface area contributed by atoms with Gasteiger partial charge in [0, 0.05) is 23.7 Å². The maximum atomic E-state index is 11.9. The SMILES string of the molecule is Cc1cc(-c2nn(C)c(C#N)c2C)ccc1OCc1ccccc1-n1nn[nH]c1=O. The molecule has 9 heteroatoms. The first kappa shape index (κ1) is 19.1. The first-order valence-electron chi connectivity index (χ1n) is 9.25. The number of nitriles is 1. The van der Waals surface area contributed by atoms with Gasteiger partial charge in [-0.3, -0.25) is 4.68 Å². The van der Waals surface area contributed by atoms with Gasteiger partial charge >= 0.3 is 5.69 Å². The van der Waals surface area contributed by atoms with Gasteiger partial charge in [-0.05, 0) is 54.1 Å². The Morgan fingerprint density at radius 1 is 1.20 bits per heavy atom. The lowest BCUT2D eigenvalue weighted by Gasteiger charge is -2.12. The van der Waals surface area contributed by atoms with Crippen LogP contribution < -0.4 is 10.4 Å². The molecule has 2 heterocycles. The Morgan fingerprint density at radius 2 is 2.00 bits per heavy atom. The van der Waals surface area contributed by atoms with Gasteiger partial charge in [-0.15, -0.1) is 0 Å². The molecule has 30 heavy (non-hydrogen) atoms. The molecule has 0 unspecified atom stereocenters. The second-order valence-electron chi connectivity index (χ2n) is 6.87. The van der Waals surface area contributed by atoms with Crippen molar-refractivity contribution in [3.05, 3.63) is 75.3 Å². The van der Waals surface area contributed by atoms with Crippen molar-refractivity contribution in [2.24, 2.45) is 7.05 Å². The number of benzene rings is 2. The summed E-state index contributed by atoms with van der Waals surface area (Å²) in [7, 11) is 1.76. The first-order valence-corrected chi connectivity index (χ1v) is 9.25. The quantitative estimate of drug-likeness (QED) is 0.549. The number of hydrogen-bond donors (Lipinski definition) is 1. The topological polar surface area (TPSA) is 114 Å². The summed E-state index contributed by atoms with van der Waals surface area (Å²) >= 11 is 0. The van der Waals surface area contributed by atoms with E-state index in [1.807, 2.05) is 50.2 Å². The Hall–Kier alpha value is -4.19. The maximum Gasteiger partial charge on any atom is 0.365 e.